The Morgan fingerprint density at radius 2 is 2.08 bits per heavy atom. The highest BCUT2D eigenvalue weighted by atomic mass is 16.5. The molecule has 0 radical (unpaired) electrons. The minimum absolute atomic E-state index is 0.781. The number of methoxy groups -OCH3 is 1. The topological polar surface area (TPSA) is 56.2 Å². The lowest BCUT2D eigenvalue weighted by molar-refractivity contribution is 0.161. The Balaban J connectivity index is 1.78. The van der Waals surface area contributed by atoms with Crippen molar-refractivity contribution >= 4 is 11.8 Å². The first-order chi connectivity index (χ1) is 12.7. The van der Waals surface area contributed by atoms with Crippen LogP contribution in [-0.4, -0.2) is 93.9 Å². The first kappa shape index (κ1) is 20.5. The lowest BCUT2D eigenvalue weighted by Crippen LogP contribution is -2.52. The number of aromatic nitrogens is 1. The molecule has 0 saturated carbocycles. The van der Waals surface area contributed by atoms with Gasteiger partial charge < -0.3 is 24.8 Å². The first-order valence-electron chi connectivity index (χ1n) is 9.61. The summed E-state index contributed by atoms with van der Waals surface area (Å²) in [6.07, 6.45) is 2.92. The van der Waals surface area contributed by atoms with Crippen LogP contribution in [0.2, 0.25) is 0 Å². The fourth-order valence-corrected chi connectivity index (χ4v) is 3.00. The van der Waals surface area contributed by atoms with Crippen LogP contribution in [0.25, 0.3) is 0 Å². The Morgan fingerprint density at radius 3 is 2.73 bits per heavy atom. The van der Waals surface area contributed by atoms with E-state index in [0.717, 1.165) is 77.2 Å². The fourth-order valence-electron chi connectivity index (χ4n) is 3.00. The Kier molecular flexibility index (Phi) is 9.20. The van der Waals surface area contributed by atoms with Crippen molar-refractivity contribution in [2.45, 2.75) is 13.3 Å². The zero-order chi connectivity index (χ0) is 18.6. The van der Waals surface area contributed by atoms with Gasteiger partial charge in [0.15, 0.2) is 5.96 Å². The Hall–Kier alpha value is -1.86. The number of piperazine rings is 1. The number of rotatable bonds is 9. The Bertz CT molecular complexity index is 516. The minimum atomic E-state index is 0.781. The molecule has 146 valence electrons. The molecule has 1 aromatic rings. The summed E-state index contributed by atoms with van der Waals surface area (Å²) >= 11 is 0. The molecule has 0 unspecified atom stereocenters. The van der Waals surface area contributed by atoms with Crippen molar-refractivity contribution in [2.75, 3.05) is 78.0 Å². The average Bonchev–Trinajstić information content (AvgIpc) is 2.69. The third-order valence-corrected chi connectivity index (χ3v) is 4.52. The van der Waals surface area contributed by atoms with Gasteiger partial charge in [-0.25, -0.2) is 4.98 Å². The maximum Gasteiger partial charge on any atom is 0.194 e. The van der Waals surface area contributed by atoms with Crippen molar-refractivity contribution in [3.8, 4) is 0 Å². The number of nitrogens with one attached hydrogen (secondary N) is 1. The highest BCUT2D eigenvalue weighted by molar-refractivity contribution is 5.80. The van der Waals surface area contributed by atoms with Gasteiger partial charge in [0.05, 0.1) is 6.61 Å². The summed E-state index contributed by atoms with van der Waals surface area (Å²) in [5.74, 6) is 2.10. The summed E-state index contributed by atoms with van der Waals surface area (Å²) in [7, 11) is 3.87. The SMILES string of the molecule is CCNC(=NCCCN(C)CCOC)N1CCN(c2ccccn2)CC1. The van der Waals surface area contributed by atoms with Gasteiger partial charge in [0, 0.05) is 59.1 Å². The van der Waals surface area contributed by atoms with Crippen LogP contribution in [-0.2, 0) is 4.74 Å². The second kappa shape index (κ2) is 11.7. The molecule has 2 heterocycles. The number of aliphatic imine (C=N–C) groups is 1. The number of anilines is 1. The number of likely N-dealkylation sites (N-methyl/N-ethyl adjacent to an activating group) is 1. The lowest BCUT2D eigenvalue weighted by atomic mass is 10.3. The van der Waals surface area contributed by atoms with Crippen LogP contribution < -0.4 is 10.2 Å². The number of pyridine rings is 1. The van der Waals surface area contributed by atoms with Gasteiger partial charge >= 0.3 is 0 Å². The van der Waals surface area contributed by atoms with E-state index in [1.807, 2.05) is 18.3 Å². The van der Waals surface area contributed by atoms with Gasteiger partial charge in [-0.15, -0.1) is 0 Å². The Morgan fingerprint density at radius 1 is 1.27 bits per heavy atom. The standard InChI is InChI=1S/C19H34N6O/c1-4-20-19(22-10-7-11-23(2)16-17-26-3)25-14-12-24(13-15-25)18-8-5-6-9-21-18/h5-6,8-9H,4,7,10-17H2,1-3H3,(H,20,22). The summed E-state index contributed by atoms with van der Waals surface area (Å²) in [4.78, 5) is 16.3. The molecule has 7 nitrogen and oxygen atoms in total. The molecule has 0 aliphatic carbocycles. The number of guanidine groups is 1. The fraction of sp³-hybridized carbons (Fsp3) is 0.684. The predicted octanol–water partition coefficient (Wildman–Crippen LogP) is 1.14. The molecule has 7 heteroatoms. The second-order valence-electron chi connectivity index (χ2n) is 6.55. The maximum atomic E-state index is 5.11. The zero-order valence-corrected chi connectivity index (χ0v) is 16.5. The van der Waals surface area contributed by atoms with E-state index in [4.69, 9.17) is 9.73 Å². The van der Waals surface area contributed by atoms with E-state index in [1.54, 1.807) is 7.11 Å². The normalized spacial score (nSPS) is 15.6. The molecule has 0 bridgehead atoms. The quantitative estimate of drug-likeness (QED) is 0.404. The molecular weight excluding hydrogens is 328 g/mol. The smallest absolute Gasteiger partial charge is 0.194 e. The predicted molar refractivity (Wildman–Crippen MR) is 108 cm³/mol. The van der Waals surface area contributed by atoms with Gasteiger partial charge in [-0.3, -0.25) is 4.99 Å². The molecule has 1 aromatic heterocycles. The van der Waals surface area contributed by atoms with Gasteiger partial charge in [0.1, 0.15) is 5.82 Å². The van der Waals surface area contributed by atoms with Crippen molar-refractivity contribution in [3.63, 3.8) is 0 Å². The highest BCUT2D eigenvalue weighted by Gasteiger charge is 2.20. The molecule has 1 N–H and O–H groups in total. The number of ether oxygens (including phenoxy) is 1. The molecule has 2 rings (SSSR count). The van der Waals surface area contributed by atoms with E-state index in [1.165, 1.54) is 0 Å². The lowest BCUT2D eigenvalue weighted by Gasteiger charge is -2.37. The van der Waals surface area contributed by atoms with Crippen LogP contribution in [0.4, 0.5) is 5.82 Å². The molecule has 0 atom stereocenters. The van der Waals surface area contributed by atoms with E-state index >= 15 is 0 Å². The van der Waals surface area contributed by atoms with Crippen LogP contribution >= 0.6 is 0 Å². The van der Waals surface area contributed by atoms with E-state index in [0.29, 0.717) is 0 Å². The molecule has 1 saturated heterocycles. The summed E-state index contributed by atoms with van der Waals surface area (Å²) in [6, 6.07) is 6.08. The highest BCUT2D eigenvalue weighted by Crippen LogP contribution is 2.12. The van der Waals surface area contributed by atoms with Crippen LogP contribution in [0.3, 0.4) is 0 Å². The van der Waals surface area contributed by atoms with Crippen molar-refractivity contribution in [2.24, 2.45) is 4.99 Å². The number of hydrogen-bond acceptors (Lipinski definition) is 5. The van der Waals surface area contributed by atoms with Crippen LogP contribution in [0.15, 0.2) is 29.4 Å². The molecule has 26 heavy (non-hydrogen) atoms. The molecule has 1 aliphatic heterocycles. The largest absolute Gasteiger partial charge is 0.383 e. The third kappa shape index (κ3) is 6.80. The Labute approximate surface area is 158 Å². The second-order valence-corrected chi connectivity index (χ2v) is 6.55. The van der Waals surface area contributed by atoms with Crippen molar-refractivity contribution in [1.82, 2.24) is 20.1 Å². The average molecular weight is 363 g/mol. The van der Waals surface area contributed by atoms with Crippen LogP contribution in [0, 0.1) is 0 Å². The summed E-state index contributed by atoms with van der Waals surface area (Å²) in [6.45, 7) is 10.5. The van der Waals surface area contributed by atoms with E-state index < -0.39 is 0 Å². The minimum Gasteiger partial charge on any atom is -0.383 e. The van der Waals surface area contributed by atoms with Crippen molar-refractivity contribution in [3.05, 3.63) is 24.4 Å². The van der Waals surface area contributed by atoms with Gasteiger partial charge in [-0.05, 0) is 39.1 Å². The van der Waals surface area contributed by atoms with Gasteiger partial charge in [0.2, 0.25) is 0 Å². The van der Waals surface area contributed by atoms with Crippen LogP contribution in [0.1, 0.15) is 13.3 Å². The van der Waals surface area contributed by atoms with E-state index in [9.17, 15) is 0 Å². The molecular formula is C19H34N6O. The number of hydrogen-bond donors (Lipinski definition) is 1. The van der Waals surface area contributed by atoms with E-state index in [-0.39, 0.29) is 0 Å². The van der Waals surface area contributed by atoms with Gasteiger partial charge in [-0.1, -0.05) is 6.07 Å². The molecule has 0 amide bonds. The van der Waals surface area contributed by atoms with Crippen molar-refractivity contribution in [1.29, 1.82) is 0 Å². The molecule has 1 aliphatic rings. The summed E-state index contributed by atoms with van der Waals surface area (Å²) < 4.78 is 5.11. The molecule has 0 aromatic carbocycles. The first-order valence-corrected chi connectivity index (χ1v) is 9.61. The molecule has 1 fully saturated rings. The van der Waals surface area contributed by atoms with E-state index in [2.05, 4.69) is 45.0 Å². The van der Waals surface area contributed by atoms with Gasteiger partial charge in [0.25, 0.3) is 0 Å². The van der Waals surface area contributed by atoms with Crippen molar-refractivity contribution < 1.29 is 4.74 Å². The summed E-state index contributed by atoms with van der Waals surface area (Å²) in [5, 5.41) is 3.44. The zero-order valence-electron chi connectivity index (χ0n) is 16.5. The third-order valence-electron chi connectivity index (χ3n) is 4.52. The van der Waals surface area contributed by atoms with Crippen LogP contribution in [0.5, 0.6) is 0 Å². The summed E-state index contributed by atoms with van der Waals surface area (Å²) in [5.41, 5.74) is 0. The molecule has 0 spiro atoms. The number of nitrogens with zero attached hydrogens (tertiary/aromatic N) is 5. The van der Waals surface area contributed by atoms with Gasteiger partial charge in [-0.2, -0.15) is 0 Å². The monoisotopic (exact) mass is 362 g/mol. The maximum absolute atomic E-state index is 5.11.